The third-order valence-electron chi connectivity index (χ3n) is 5.10. The molecule has 28 heavy (non-hydrogen) atoms. The van der Waals surface area contributed by atoms with Gasteiger partial charge in [0.05, 0.1) is 16.7 Å². The highest BCUT2D eigenvalue weighted by atomic mass is 15.3. The molecule has 3 rings (SSSR count). The van der Waals surface area contributed by atoms with Gasteiger partial charge in [0.15, 0.2) is 5.96 Å². The molecule has 7 nitrogen and oxygen atoms in total. The van der Waals surface area contributed by atoms with Gasteiger partial charge in [-0.15, -0.1) is 0 Å². The molecule has 3 N–H and O–H groups in total. The van der Waals surface area contributed by atoms with Crippen molar-refractivity contribution in [2.75, 3.05) is 13.6 Å². The van der Waals surface area contributed by atoms with Gasteiger partial charge in [0, 0.05) is 38.8 Å². The number of guanidine groups is 1. The van der Waals surface area contributed by atoms with Crippen LogP contribution in [-0.4, -0.2) is 45.3 Å². The molecule has 2 aromatic heterocycles. The van der Waals surface area contributed by atoms with Crippen LogP contribution in [0.4, 0.5) is 0 Å². The fraction of sp³-hybridized carbons (Fsp3) is 0.476. The molecule has 0 saturated heterocycles. The van der Waals surface area contributed by atoms with Gasteiger partial charge >= 0.3 is 0 Å². The zero-order valence-electron chi connectivity index (χ0n) is 17.5. The van der Waals surface area contributed by atoms with Gasteiger partial charge in [-0.3, -0.25) is 9.67 Å². The third-order valence-corrected chi connectivity index (χ3v) is 5.10. The number of H-pyrrole nitrogens is 1. The quantitative estimate of drug-likeness (QED) is 0.334. The Kier molecular flexibility index (Phi) is 6.34. The van der Waals surface area contributed by atoms with Gasteiger partial charge < -0.3 is 15.6 Å². The van der Waals surface area contributed by atoms with Crippen LogP contribution in [0.15, 0.2) is 29.3 Å². The zero-order valence-corrected chi connectivity index (χ0v) is 17.5. The lowest BCUT2D eigenvalue weighted by atomic mass is 10.1. The number of rotatable bonds is 7. The lowest BCUT2D eigenvalue weighted by Gasteiger charge is -2.18. The summed E-state index contributed by atoms with van der Waals surface area (Å²) in [6, 6.07) is 8.40. The van der Waals surface area contributed by atoms with Gasteiger partial charge in [-0.1, -0.05) is 12.1 Å². The van der Waals surface area contributed by atoms with E-state index >= 15 is 0 Å². The first kappa shape index (κ1) is 19.9. The first-order chi connectivity index (χ1) is 13.5. The number of aromatic nitrogens is 4. The molecule has 0 bridgehead atoms. The summed E-state index contributed by atoms with van der Waals surface area (Å²) in [4.78, 5) is 12.4. The van der Waals surface area contributed by atoms with E-state index in [1.807, 2.05) is 37.0 Å². The van der Waals surface area contributed by atoms with Crippen molar-refractivity contribution in [2.24, 2.45) is 12.0 Å². The van der Waals surface area contributed by atoms with Crippen LogP contribution in [0.5, 0.6) is 0 Å². The Hall–Kier alpha value is -2.83. The van der Waals surface area contributed by atoms with Gasteiger partial charge in [0.25, 0.3) is 0 Å². The average molecular weight is 382 g/mol. The largest absolute Gasteiger partial charge is 0.356 e. The summed E-state index contributed by atoms with van der Waals surface area (Å²) in [5, 5.41) is 11.4. The number of hydrogen-bond acceptors (Lipinski definition) is 3. The normalized spacial score (nSPS) is 13.1. The van der Waals surface area contributed by atoms with E-state index < -0.39 is 0 Å². The van der Waals surface area contributed by atoms with Gasteiger partial charge in [0.2, 0.25) is 0 Å². The summed E-state index contributed by atoms with van der Waals surface area (Å²) < 4.78 is 1.95. The molecule has 2 heterocycles. The van der Waals surface area contributed by atoms with Gasteiger partial charge in [0.1, 0.15) is 5.82 Å². The lowest BCUT2D eigenvalue weighted by molar-refractivity contribution is 0.630. The summed E-state index contributed by atoms with van der Waals surface area (Å²) in [5.74, 6) is 1.86. The second kappa shape index (κ2) is 8.91. The van der Waals surface area contributed by atoms with Crippen molar-refractivity contribution in [3.63, 3.8) is 0 Å². The fourth-order valence-corrected chi connectivity index (χ4v) is 3.48. The Balaban J connectivity index is 1.45. The van der Waals surface area contributed by atoms with E-state index in [1.54, 1.807) is 0 Å². The lowest BCUT2D eigenvalue weighted by Crippen LogP contribution is -2.43. The molecule has 150 valence electrons. The number of imidazole rings is 1. The molecule has 0 fully saturated rings. The number of aromatic amines is 1. The minimum absolute atomic E-state index is 0.267. The number of benzene rings is 1. The van der Waals surface area contributed by atoms with Crippen LogP contribution in [0.25, 0.3) is 11.0 Å². The first-order valence-corrected chi connectivity index (χ1v) is 9.87. The second-order valence-electron chi connectivity index (χ2n) is 7.33. The number of hydrogen-bond donors (Lipinski definition) is 3. The van der Waals surface area contributed by atoms with Crippen molar-refractivity contribution in [1.82, 2.24) is 30.4 Å². The molecule has 0 aliphatic carbocycles. The van der Waals surface area contributed by atoms with Crippen LogP contribution in [-0.2, 0) is 19.9 Å². The monoisotopic (exact) mass is 381 g/mol. The molecular formula is C21H31N7. The minimum atomic E-state index is 0.267. The molecule has 1 atom stereocenters. The zero-order chi connectivity index (χ0) is 20.1. The fourth-order valence-electron chi connectivity index (χ4n) is 3.48. The Morgan fingerprint density at radius 2 is 2.07 bits per heavy atom. The Morgan fingerprint density at radius 3 is 2.75 bits per heavy atom. The van der Waals surface area contributed by atoms with E-state index in [-0.39, 0.29) is 6.04 Å². The maximum Gasteiger partial charge on any atom is 0.191 e. The van der Waals surface area contributed by atoms with Crippen molar-refractivity contribution >= 4 is 17.0 Å². The maximum atomic E-state index is 4.63. The Bertz CT molecular complexity index is 918. The summed E-state index contributed by atoms with van der Waals surface area (Å²) in [5.41, 5.74) is 5.75. The van der Waals surface area contributed by atoms with Crippen LogP contribution >= 0.6 is 0 Å². The molecular weight excluding hydrogens is 350 g/mol. The average Bonchev–Trinajstić information content (AvgIpc) is 3.19. The summed E-state index contributed by atoms with van der Waals surface area (Å²) in [6.45, 7) is 7.20. The van der Waals surface area contributed by atoms with E-state index in [1.165, 1.54) is 11.3 Å². The standard InChI is InChI=1S/C21H31N7/c1-14(13-17-15(2)27-28(5)16(17)3)24-21(22-4)23-12-8-11-20-25-18-9-6-7-10-19(18)26-20/h6-7,9-10,14H,8,11-13H2,1-5H3,(H,25,26)(H2,22,23,24). The van der Waals surface area contributed by atoms with Gasteiger partial charge in [-0.05, 0) is 51.3 Å². The molecule has 0 radical (unpaired) electrons. The predicted molar refractivity (Wildman–Crippen MR) is 115 cm³/mol. The number of aryl methyl sites for hydroxylation is 3. The van der Waals surface area contributed by atoms with Crippen molar-refractivity contribution in [1.29, 1.82) is 0 Å². The van der Waals surface area contributed by atoms with Crippen LogP contribution in [0.2, 0.25) is 0 Å². The summed E-state index contributed by atoms with van der Waals surface area (Å²) in [7, 11) is 3.80. The van der Waals surface area contributed by atoms with E-state index in [9.17, 15) is 0 Å². The Labute approximate surface area is 166 Å². The van der Waals surface area contributed by atoms with E-state index in [4.69, 9.17) is 0 Å². The maximum absolute atomic E-state index is 4.63. The van der Waals surface area contributed by atoms with Crippen molar-refractivity contribution in [3.8, 4) is 0 Å². The van der Waals surface area contributed by atoms with Gasteiger partial charge in [-0.2, -0.15) is 5.10 Å². The molecule has 7 heteroatoms. The van der Waals surface area contributed by atoms with E-state index in [0.29, 0.717) is 0 Å². The highest BCUT2D eigenvalue weighted by molar-refractivity contribution is 5.80. The summed E-state index contributed by atoms with van der Waals surface area (Å²) in [6.07, 6.45) is 2.81. The third kappa shape index (κ3) is 4.71. The van der Waals surface area contributed by atoms with E-state index in [0.717, 1.165) is 54.3 Å². The summed E-state index contributed by atoms with van der Waals surface area (Å²) >= 11 is 0. The molecule has 0 aliphatic heterocycles. The Morgan fingerprint density at radius 1 is 1.29 bits per heavy atom. The molecule has 0 amide bonds. The molecule has 0 spiro atoms. The molecule has 0 aliphatic rings. The number of aliphatic imine (C=N–C) groups is 1. The number of fused-ring (bicyclic) bond motifs is 1. The molecule has 1 aromatic carbocycles. The molecule has 1 unspecified atom stereocenters. The number of nitrogens with zero attached hydrogens (tertiary/aromatic N) is 4. The SMILES string of the molecule is CN=C(NCCCc1nc2ccccc2[nH]1)NC(C)Cc1c(C)nn(C)c1C. The molecule has 3 aromatic rings. The predicted octanol–water partition coefficient (Wildman–Crippen LogP) is 2.64. The number of para-hydroxylation sites is 2. The second-order valence-corrected chi connectivity index (χ2v) is 7.33. The topological polar surface area (TPSA) is 82.9 Å². The smallest absolute Gasteiger partial charge is 0.191 e. The van der Waals surface area contributed by atoms with Crippen molar-refractivity contribution < 1.29 is 0 Å². The highest BCUT2D eigenvalue weighted by Crippen LogP contribution is 2.14. The van der Waals surface area contributed by atoms with Crippen molar-refractivity contribution in [3.05, 3.63) is 47.0 Å². The van der Waals surface area contributed by atoms with Crippen LogP contribution in [0, 0.1) is 13.8 Å². The van der Waals surface area contributed by atoms with Crippen molar-refractivity contribution in [2.45, 2.75) is 46.1 Å². The van der Waals surface area contributed by atoms with Crippen LogP contribution in [0.1, 0.15) is 36.1 Å². The van der Waals surface area contributed by atoms with Gasteiger partial charge in [-0.25, -0.2) is 4.98 Å². The molecule has 0 saturated carbocycles. The number of nitrogens with one attached hydrogen (secondary N) is 3. The van der Waals surface area contributed by atoms with Crippen LogP contribution in [0.3, 0.4) is 0 Å². The minimum Gasteiger partial charge on any atom is -0.356 e. The van der Waals surface area contributed by atoms with E-state index in [2.05, 4.69) is 57.5 Å². The highest BCUT2D eigenvalue weighted by Gasteiger charge is 2.14. The van der Waals surface area contributed by atoms with Crippen LogP contribution < -0.4 is 10.6 Å². The first-order valence-electron chi connectivity index (χ1n) is 9.87.